The maximum Gasteiger partial charge on any atom is 0.143 e. The van der Waals surface area contributed by atoms with Gasteiger partial charge in [0.05, 0.1) is 9.26 Å². The molecule has 0 fully saturated rings. The largest absolute Gasteiger partial charge is 0.369 e. The highest BCUT2D eigenvalue weighted by molar-refractivity contribution is 14.1. The highest BCUT2D eigenvalue weighted by Gasteiger charge is 2.11. The van der Waals surface area contributed by atoms with E-state index in [9.17, 15) is 0 Å². The third-order valence-corrected chi connectivity index (χ3v) is 3.71. The van der Waals surface area contributed by atoms with Crippen LogP contribution in [0.2, 0.25) is 0 Å². The standard InChI is InChI=1S/C13H23IN4/c1-5-7-10-12(14)13(15-6-2)17-11(16-10)8-9-18(3)4/h5-9H2,1-4H3,(H,15,16,17). The smallest absolute Gasteiger partial charge is 0.143 e. The highest BCUT2D eigenvalue weighted by atomic mass is 127. The zero-order valence-electron chi connectivity index (χ0n) is 11.8. The normalized spacial score (nSPS) is 11.0. The summed E-state index contributed by atoms with van der Waals surface area (Å²) in [7, 11) is 4.15. The van der Waals surface area contributed by atoms with Gasteiger partial charge < -0.3 is 10.2 Å². The van der Waals surface area contributed by atoms with Crippen LogP contribution in [0.1, 0.15) is 31.8 Å². The van der Waals surface area contributed by atoms with Crippen molar-refractivity contribution in [2.45, 2.75) is 33.1 Å². The summed E-state index contributed by atoms with van der Waals surface area (Å²) in [6.45, 7) is 6.16. The van der Waals surface area contributed by atoms with Crippen LogP contribution in [-0.4, -0.2) is 42.1 Å². The summed E-state index contributed by atoms with van der Waals surface area (Å²) < 4.78 is 1.17. The van der Waals surface area contributed by atoms with Crippen LogP contribution in [-0.2, 0) is 12.8 Å². The lowest BCUT2D eigenvalue weighted by molar-refractivity contribution is 0.409. The van der Waals surface area contributed by atoms with Crippen molar-refractivity contribution in [2.24, 2.45) is 0 Å². The summed E-state index contributed by atoms with van der Waals surface area (Å²) >= 11 is 2.35. The molecule has 5 heteroatoms. The van der Waals surface area contributed by atoms with Gasteiger partial charge in [-0.25, -0.2) is 9.97 Å². The molecule has 102 valence electrons. The number of likely N-dealkylation sites (N-methyl/N-ethyl adjacent to an activating group) is 1. The van der Waals surface area contributed by atoms with Gasteiger partial charge in [-0.05, 0) is 50.0 Å². The molecule has 1 aromatic heterocycles. The first-order valence-corrected chi connectivity index (χ1v) is 7.60. The fourth-order valence-electron chi connectivity index (χ4n) is 1.67. The quantitative estimate of drug-likeness (QED) is 0.757. The van der Waals surface area contributed by atoms with Crippen LogP contribution in [0.25, 0.3) is 0 Å². The lowest BCUT2D eigenvalue weighted by Gasteiger charge is -2.13. The Morgan fingerprint density at radius 3 is 2.44 bits per heavy atom. The molecular weight excluding hydrogens is 339 g/mol. The highest BCUT2D eigenvalue weighted by Crippen LogP contribution is 2.20. The van der Waals surface area contributed by atoms with Gasteiger partial charge in [-0.15, -0.1) is 0 Å². The van der Waals surface area contributed by atoms with E-state index in [2.05, 4.69) is 65.7 Å². The zero-order chi connectivity index (χ0) is 13.5. The Balaban J connectivity index is 2.95. The van der Waals surface area contributed by atoms with E-state index in [0.717, 1.165) is 44.0 Å². The number of hydrogen-bond acceptors (Lipinski definition) is 4. The second-order valence-electron chi connectivity index (χ2n) is 4.58. The number of aromatic nitrogens is 2. The molecule has 0 aliphatic carbocycles. The molecule has 1 rings (SSSR count). The van der Waals surface area contributed by atoms with Crippen LogP contribution >= 0.6 is 22.6 Å². The maximum atomic E-state index is 4.69. The molecule has 1 heterocycles. The van der Waals surface area contributed by atoms with E-state index in [1.165, 1.54) is 9.26 Å². The van der Waals surface area contributed by atoms with Crippen molar-refractivity contribution < 1.29 is 0 Å². The Morgan fingerprint density at radius 1 is 1.17 bits per heavy atom. The predicted octanol–water partition coefficient (Wildman–Crippen LogP) is 2.57. The van der Waals surface area contributed by atoms with Crippen LogP contribution < -0.4 is 5.32 Å². The lowest BCUT2D eigenvalue weighted by Crippen LogP contribution is -2.18. The van der Waals surface area contributed by atoms with E-state index in [4.69, 9.17) is 4.98 Å². The zero-order valence-corrected chi connectivity index (χ0v) is 13.9. The van der Waals surface area contributed by atoms with E-state index < -0.39 is 0 Å². The van der Waals surface area contributed by atoms with Crippen LogP contribution in [0.3, 0.4) is 0 Å². The second kappa shape index (κ2) is 7.89. The fourth-order valence-corrected chi connectivity index (χ4v) is 2.37. The van der Waals surface area contributed by atoms with Gasteiger partial charge in [0, 0.05) is 19.5 Å². The SMILES string of the molecule is CCCc1nc(CCN(C)C)nc(NCC)c1I. The molecule has 4 nitrogen and oxygen atoms in total. The second-order valence-corrected chi connectivity index (χ2v) is 5.66. The Bertz CT molecular complexity index is 352. The number of nitrogens with zero attached hydrogens (tertiary/aromatic N) is 3. The minimum atomic E-state index is 0.895. The van der Waals surface area contributed by atoms with Gasteiger partial charge in [0.2, 0.25) is 0 Å². The molecule has 0 aliphatic rings. The van der Waals surface area contributed by atoms with Gasteiger partial charge in [-0.3, -0.25) is 0 Å². The van der Waals surface area contributed by atoms with Crippen molar-refractivity contribution in [2.75, 3.05) is 32.5 Å². The molecule has 0 aromatic carbocycles. The lowest BCUT2D eigenvalue weighted by atomic mass is 10.2. The van der Waals surface area contributed by atoms with Crippen LogP contribution in [0.5, 0.6) is 0 Å². The monoisotopic (exact) mass is 362 g/mol. The first-order valence-electron chi connectivity index (χ1n) is 6.52. The van der Waals surface area contributed by atoms with Crippen molar-refractivity contribution in [1.29, 1.82) is 0 Å². The van der Waals surface area contributed by atoms with Gasteiger partial charge in [0.15, 0.2) is 0 Å². The van der Waals surface area contributed by atoms with Gasteiger partial charge >= 0.3 is 0 Å². The molecule has 0 amide bonds. The molecular formula is C13H23IN4. The van der Waals surface area contributed by atoms with Crippen molar-refractivity contribution in [3.05, 3.63) is 15.1 Å². The summed E-state index contributed by atoms with van der Waals surface area (Å²) in [6.07, 6.45) is 3.04. The third-order valence-electron chi connectivity index (χ3n) is 2.58. The number of aryl methyl sites for hydroxylation is 1. The number of nitrogens with one attached hydrogen (secondary N) is 1. The van der Waals surface area contributed by atoms with E-state index in [0.29, 0.717) is 0 Å². The number of halogens is 1. The molecule has 1 N–H and O–H groups in total. The minimum Gasteiger partial charge on any atom is -0.369 e. The molecule has 1 aromatic rings. The summed E-state index contributed by atoms with van der Waals surface area (Å²) in [6, 6.07) is 0. The predicted molar refractivity (Wildman–Crippen MR) is 85.2 cm³/mol. The van der Waals surface area contributed by atoms with E-state index in [-0.39, 0.29) is 0 Å². The molecule has 0 saturated carbocycles. The van der Waals surface area contributed by atoms with Crippen molar-refractivity contribution in [3.8, 4) is 0 Å². The minimum absolute atomic E-state index is 0.895. The summed E-state index contributed by atoms with van der Waals surface area (Å²) in [5.74, 6) is 1.94. The molecule has 0 spiro atoms. The molecule has 18 heavy (non-hydrogen) atoms. The Labute approximate surface area is 124 Å². The maximum absolute atomic E-state index is 4.69. The van der Waals surface area contributed by atoms with Gasteiger partial charge in [0.1, 0.15) is 11.6 Å². The molecule has 0 atom stereocenters. The number of hydrogen-bond donors (Lipinski definition) is 1. The molecule has 0 saturated heterocycles. The average molecular weight is 362 g/mol. The van der Waals surface area contributed by atoms with Crippen LogP contribution in [0, 0.1) is 3.57 Å². The van der Waals surface area contributed by atoms with Crippen LogP contribution in [0.4, 0.5) is 5.82 Å². The summed E-state index contributed by atoms with van der Waals surface area (Å²) in [5, 5.41) is 3.33. The fraction of sp³-hybridized carbons (Fsp3) is 0.692. The Kier molecular flexibility index (Phi) is 6.85. The Hall–Kier alpha value is -0.430. The van der Waals surface area contributed by atoms with E-state index >= 15 is 0 Å². The first kappa shape index (κ1) is 15.6. The summed E-state index contributed by atoms with van der Waals surface area (Å²) in [5.41, 5.74) is 1.18. The number of rotatable bonds is 7. The first-order chi connectivity index (χ1) is 8.58. The van der Waals surface area contributed by atoms with Crippen molar-refractivity contribution >= 4 is 28.4 Å². The molecule has 0 unspecified atom stereocenters. The molecule has 0 bridgehead atoms. The molecule has 0 radical (unpaired) electrons. The summed E-state index contributed by atoms with van der Waals surface area (Å²) in [4.78, 5) is 11.5. The Morgan fingerprint density at radius 2 is 1.89 bits per heavy atom. The topological polar surface area (TPSA) is 41.1 Å². The van der Waals surface area contributed by atoms with Gasteiger partial charge in [0.25, 0.3) is 0 Å². The van der Waals surface area contributed by atoms with Gasteiger partial charge in [-0.2, -0.15) is 0 Å². The third kappa shape index (κ3) is 4.68. The molecule has 0 aliphatic heterocycles. The van der Waals surface area contributed by atoms with Crippen molar-refractivity contribution in [3.63, 3.8) is 0 Å². The van der Waals surface area contributed by atoms with E-state index in [1.807, 2.05) is 0 Å². The van der Waals surface area contributed by atoms with Crippen LogP contribution in [0.15, 0.2) is 0 Å². The number of anilines is 1. The van der Waals surface area contributed by atoms with E-state index in [1.54, 1.807) is 0 Å². The van der Waals surface area contributed by atoms with Gasteiger partial charge in [-0.1, -0.05) is 13.3 Å². The van der Waals surface area contributed by atoms with Crippen molar-refractivity contribution in [1.82, 2.24) is 14.9 Å². The average Bonchev–Trinajstić information content (AvgIpc) is 2.32.